The van der Waals surface area contributed by atoms with E-state index < -0.39 is 5.54 Å². The second-order valence-electron chi connectivity index (χ2n) is 6.53. The highest BCUT2D eigenvalue weighted by molar-refractivity contribution is 5.85. The molecular weight excluding hydrogens is 294 g/mol. The van der Waals surface area contributed by atoms with Gasteiger partial charge in [0.15, 0.2) is 0 Å². The number of nitrogens with two attached hydrogens (primary N) is 1. The Morgan fingerprint density at radius 2 is 1.70 bits per heavy atom. The minimum Gasteiger partial charge on any atom is -0.497 e. The molecule has 128 valence electrons. The summed E-state index contributed by atoms with van der Waals surface area (Å²) in [6.07, 6.45) is 1.78. The van der Waals surface area contributed by atoms with Crippen LogP contribution in [0.15, 0.2) is 18.2 Å². The number of nitrogens with zero attached hydrogens (tertiary/aromatic N) is 1. The van der Waals surface area contributed by atoms with E-state index in [9.17, 15) is 4.79 Å². The molecule has 0 aromatic heterocycles. The number of hydrogen-bond donors (Lipinski definition) is 2. The molecule has 0 spiro atoms. The number of methoxy groups -OCH3 is 2. The van der Waals surface area contributed by atoms with Gasteiger partial charge in [-0.05, 0) is 26.7 Å². The van der Waals surface area contributed by atoms with Crippen molar-refractivity contribution >= 4 is 11.6 Å². The molecule has 1 aromatic carbocycles. The van der Waals surface area contributed by atoms with Crippen molar-refractivity contribution in [2.24, 2.45) is 5.73 Å². The van der Waals surface area contributed by atoms with Gasteiger partial charge in [-0.15, -0.1) is 0 Å². The van der Waals surface area contributed by atoms with Gasteiger partial charge in [-0.1, -0.05) is 0 Å². The van der Waals surface area contributed by atoms with Crippen LogP contribution >= 0.6 is 0 Å². The van der Waals surface area contributed by atoms with Gasteiger partial charge < -0.3 is 25.4 Å². The summed E-state index contributed by atoms with van der Waals surface area (Å²) in [5.41, 5.74) is 6.06. The van der Waals surface area contributed by atoms with Gasteiger partial charge in [0.1, 0.15) is 11.5 Å². The number of rotatable bonds is 5. The molecule has 23 heavy (non-hydrogen) atoms. The molecule has 0 radical (unpaired) electrons. The molecule has 6 nitrogen and oxygen atoms in total. The molecule has 0 unspecified atom stereocenters. The van der Waals surface area contributed by atoms with Gasteiger partial charge in [-0.3, -0.25) is 4.79 Å². The van der Waals surface area contributed by atoms with E-state index in [1.807, 2.05) is 23.1 Å². The van der Waals surface area contributed by atoms with Gasteiger partial charge in [0.05, 0.1) is 19.8 Å². The lowest BCUT2D eigenvalue weighted by Crippen LogP contribution is -2.54. The highest BCUT2D eigenvalue weighted by Crippen LogP contribution is 2.27. The van der Waals surface area contributed by atoms with Crippen molar-refractivity contribution in [2.45, 2.75) is 38.3 Å². The van der Waals surface area contributed by atoms with Gasteiger partial charge in [-0.2, -0.15) is 0 Å². The third kappa shape index (κ3) is 4.51. The van der Waals surface area contributed by atoms with Crippen LogP contribution in [0, 0.1) is 0 Å². The third-order valence-electron chi connectivity index (χ3n) is 4.06. The molecule has 1 aliphatic rings. The van der Waals surface area contributed by atoms with E-state index in [4.69, 9.17) is 15.2 Å². The Bertz CT molecular complexity index is 524. The van der Waals surface area contributed by atoms with Crippen LogP contribution in [-0.4, -0.2) is 49.7 Å². The zero-order valence-corrected chi connectivity index (χ0v) is 14.4. The van der Waals surface area contributed by atoms with Crippen molar-refractivity contribution in [3.05, 3.63) is 18.2 Å². The number of piperidine rings is 1. The first kappa shape index (κ1) is 17.4. The first-order valence-electron chi connectivity index (χ1n) is 7.91. The monoisotopic (exact) mass is 321 g/mol. The number of likely N-dealkylation sites (tertiary alicyclic amines) is 1. The van der Waals surface area contributed by atoms with E-state index in [2.05, 4.69) is 5.32 Å². The van der Waals surface area contributed by atoms with Crippen LogP contribution in [-0.2, 0) is 4.79 Å². The summed E-state index contributed by atoms with van der Waals surface area (Å²) < 4.78 is 10.6. The fraction of sp³-hybridized carbons (Fsp3) is 0.588. The summed E-state index contributed by atoms with van der Waals surface area (Å²) in [5, 5.41) is 3.50. The highest BCUT2D eigenvalue weighted by atomic mass is 16.5. The number of carbonyl (C=O) groups is 1. The van der Waals surface area contributed by atoms with E-state index in [0.29, 0.717) is 6.04 Å². The molecule has 1 aromatic rings. The predicted molar refractivity (Wildman–Crippen MR) is 91.0 cm³/mol. The van der Waals surface area contributed by atoms with Crippen molar-refractivity contribution in [1.29, 1.82) is 0 Å². The zero-order valence-electron chi connectivity index (χ0n) is 14.4. The van der Waals surface area contributed by atoms with Gasteiger partial charge in [0, 0.05) is 43.0 Å². The van der Waals surface area contributed by atoms with E-state index in [0.717, 1.165) is 43.1 Å². The van der Waals surface area contributed by atoms with Crippen LogP contribution < -0.4 is 20.5 Å². The molecule has 0 saturated carbocycles. The highest BCUT2D eigenvalue weighted by Gasteiger charge is 2.30. The summed E-state index contributed by atoms with van der Waals surface area (Å²) in [4.78, 5) is 14.1. The number of hydrogen-bond acceptors (Lipinski definition) is 5. The maximum Gasteiger partial charge on any atom is 0.242 e. The van der Waals surface area contributed by atoms with Gasteiger partial charge in [0.2, 0.25) is 5.91 Å². The molecular formula is C17H27N3O3. The van der Waals surface area contributed by atoms with Crippen molar-refractivity contribution in [2.75, 3.05) is 32.6 Å². The fourth-order valence-electron chi connectivity index (χ4n) is 2.76. The minimum atomic E-state index is -0.805. The minimum absolute atomic E-state index is 0.0130. The predicted octanol–water partition coefficient (Wildman–Crippen LogP) is 1.84. The number of carbonyl (C=O) groups excluding carboxylic acids is 1. The molecule has 6 heteroatoms. The number of amides is 1. The Kier molecular flexibility index (Phi) is 5.36. The molecule has 1 aliphatic heterocycles. The Morgan fingerprint density at radius 1 is 1.17 bits per heavy atom. The number of anilines is 1. The van der Waals surface area contributed by atoms with Crippen molar-refractivity contribution in [1.82, 2.24) is 4.90 Å². The van der Waals surface area contributed by atoms with Crippen LogP contribution in [0.1, 0.15) is 26.7 Å². The van der Waals surface area contributed by atoms with E-state index in [-0.39, 0.29) is 5.91 Å². The summed E-state index contributed by atoms with van der Waals surface area (Å²) in [7, 11) is 3.27. The summed E-state index contributed by atoms with van der Waals surface area (Å²) in [5.74, 6) is 1.52. The molecule has 3 N–H and O–H groups in total. The molecule has 0 aliphatic carbocycles. The van der Waals surface area contributed by atoms with Crippen LogP contribution in [0.4, 0.5) is 5.69 Å². The normalized spacial score (nSPS) is 16.1. The van der Waals surface area contributed by atoms with Gasteiger partial charge in [0.25, 0.3) is 0 Å². The summed E-state index contributed by atoms with van der Waals surface area (Å²) in [6, 6.07) is 6.05. The van der Waals surface area contributed by atoms with Gasteiger partial charge >= 0.3 is 0 Å². The van der Waals surface area contributed by atoms with Crippen molar-refractivity contribution < 1.29 is 14.3 Å². The molecule has 1 amide bonds. The molecule has 2 rings (SSSR count). The fourth-order valence-corrected chi connectivity index (χ4v) is 2.76. The zero-order chi connectivity index (χ0) is 17.0. The number of benzene rings is 1. The maximum absolute atomic E-state index is 12.2. The van der Waals surface area contributed by atoms with Crippen molar-refractivity contribution in [3.63, 3.8) is 0 Å². The molecule has 1 fully saturated rings. The lowest BCUT2D eigenvalue weighted by Gasteiger charge is -2.36. The second kappa shape index (κ2) is 7.08. The van der Waals surface area contributed by atoms with E-state index in [1.165, 1.54) is 0 Å². The van der Waals surface area contributed by atoms with E-state index in [1.54, 1.807) is 28.1 Å². The SMILES string of the molecule is COc1cc(NC2CCN(C(=O)C(C)(C)N)CC2)cc(OC)c1. The van der Waals surface area contributed by atoms with Crippen LogP contribution in [0.5, 0.6) is 11.5 Å². The molecule has 1 saturated heterocycles. The summed E-state index contributed by atoms with van der Waals surface area (Å²) in [6.45, 7) is 4.95. The largest absolute Gasteiger partial charge is 0.497 e. The molecule has 0 bridgehead atoms. The third-order valence-corrected chi connectivity index (χ3v) is 4.06. The topological polar surface area (TPSA) is 76.8 Å². The smallest absolute Gasteiger partial charge is 0.242 e. The maximum atomic E-state index is 12.2. The lowest BCUT2D eigenvalue weighted by atomic mass is 10.00. The second-order valence-corrected chi connectivity index (χ2v) is 6.53. The average molecular weight is 321 g/mol. The first-order valence-corrected chi connectivity index (χ1v) is 7.91. The van der Waals surface area contributed by atoms with Crippen LogP contribution in [0.2, 0.25) is 0 Å². The van der Waals surface area contributed by atoms with E-state index >= 15 is 0 Å². The molecule has 1 heterocycles. The Morgan fingerprint density at radius 3 is 2.13 bits per heavy atom. The number of ether oxygens (including phenoxy) is 2. The lowest BCUT2D eigenvalue weighted by molar-refractivity contribution is -0.136. The van der Waals surface area contributed by atoms with Crippen molar-refractivity contribution in [3.8, 4) is 11.5 Å². The Balaban J connectivity index is 1.95. The standard InChI is InChI=1S/C17H27N3O3/c1-17(2,18)16(21)20-7-5-12(6-8-20)19-13-9-14(22-3)11-15(10-13)23-4/h9-12,19H,5-8,18H2,1-4H3. The van der Waals surface area contributed by atoms with Crippen LogP contribution in [0.25, 0.3) is 0 Å². The molecule has 0 atom stereocenters. The Hall–Kier alpha value is -1.95. The quantitative estimate of drug-likeness (QED) is 0.865. The first-order chi connectivity index (χ1) is 10.8. The summed E-state index contributed by atoms with van der Waals surface area (Å²) >= 11 is 0. The van der Waals surface area contributed by atoms with Crippen LogP contribution in [0.3, 0.4) is 0 Å². The number of nitrogens with one attached hydrogen (secondary N) is 1. The van der Waals surface area contributed by atoms with Gasteiger partial charge in [-0.25, -0.2) is 0 Å². The Labute approximate surface area is 137 Å². The average Bonchev–Trinajstić information content (AvgIpc) is 2.53.